The second kappa shape index (κ2) is 5.59. The van der Waals surface area contributed by atoms with Crippen LogP contribution in [-0.4, -0.2) is 32.2 Å². The van der Waals surface area contributed by atoms with Crippen LogP contribution in [0.15, 0.2) is 24.7 Å². The van der Waals surface area contributed by atoms with Crippen LogP contribution in [0.1, 0.15) is 19.7 Å². The molecule has 0 aliphatic rings. The minimum atomic E-state index is 0.0825. The van der Waals surface area contributed by atoms with Crippen molar-refractivity contribution < 1.29 is 4.74 Å². The second-order valence-corrected chi connectivity index (χ2v) is 4.11. The van der Waals surface area contributed by atoms with Crippen molar-refractivity contribution in [2.24, 2.45) is 5.73 Å². The molecule has 0 bridgehead atoms. The molecule has 0 aromatic carbocycles. The van der Waals surface area contributed by atoms with Crippen molar-refractivity contribution in [2.75, 3.05) is 6.54 Å². The Bertz CT molecular complexity index is 509. The van der Waals surface area contributed by atoms with E-state index in [9.17, 15) is 0 Å². The monoisotopic (exact) mass is 247 g/mol. The Kier molecular flexibility index (Phi) is 3.88. The quantitative estimate of drug-likeness (QED) is 0.851. The average Bonchev–Trinajstić information content (AvgIpc) is 2.77. The van der Waals surface area contributed by atoms with Crippen LogP contribution in [0.25, 0.3) is 5.95 Å². The van der Waals surface area contributed by atoms with Crippen molar-refractivity contribution in [3.05, 3.63) is 30.5 Å². The summed E-state index contributed by atoms with van der Waals surface area (Å²) in [6.45, 7) is 4.46. The minimum absolute atomic E-state index is 0.0825. The smallest absolute Gasteiger partial charge is 0.238 e. The highest BCUT2D eigenvalue weighted by molar-refractivity contribution is 5.20. The van der Waals surface area contributed by atoms with Crippen LogP contribution in [-0.2, 0) is 6.42 Å². The zero-order valence-electron chi connectivity index (χ0n) is 10.6. The molecule has 0 radical (unpaired) electrons. The molecule has 2 rings (SSSR count). The Labute approximate surface area is 106 Å². The predicted molar refractivity (Wildman–Crippen MR) is 67.7 cm³/mol. The molecular formula is C12H17N5O. The molecule has 0 aliphatic heterocycles. The Morgan fingerprint density at radius 1 is 1.33 bits per heavy atom. The number of nitrogens with zero attached hydrogens (tertiary/aromatic N) is 4. The lowest BCUT2D eigenvalue weighted by Gasteiger charge is -2.10. The summed E-state index contributed by atoms with van der Waals surface area (Å²) in [6.07, 6.45) is 5.97. The van der Waals surface area contributed by atoms with Crippen molar-refractivity contribution >= 4 is 0 Å². The standard InChI is InChI=1S/C12H17N5O/c1-9(2)18-11-4-6-15-12(16-11)17-8-7-14-10(17)3-5-13/h4,6-9H,3,5,13H2,1-2H3. The fourth-order valence-corrected chi connectivity index (χ4v) is 1.59. The fraction of sp³-hybridized carbons (Fsp3) is 0.417. The van der Waals surface area contributed by atoms with E-state index in [2.05, 4.69) is 15.0 Å². The molecule has 6 nitrogen and oxygen atoms in total. The number of hydrogen-bond acceptors (Lipinski definition) is 5. The first kappa shape index (κ1) is 12.5. The van der Waals surface area contributed by atoms with E-state index in [1.807, 2.05) is 24.6 Å². The van der Waals surface area contributed by atoms with Gasteiger partial charge >= 0.3 is 0 Å². The van der Waals surface area contributed by atoms with Crippen LogP contribution in [0.2, 0.25) is 0 Å². The van der Waals surface area contributed by atoms with Gasteiger partial charge in [0.15, 0.2) is 0 Å². The van der Waals surface area contributed by atoms with Gasteiger partial charge in [0.05, 0.1) is 6.10 Å². The maximum absolute atomic E-state index is 5.54. The van der Waals surface area contributed by atoms with E-state index in [1.54, 1.807) is 18.5 Å². The Morgan fingerprint density at radius 2 is 2.17 bits per heavy atom. The van der Waals surface area contributed by atoms with Crippen molar-refractivity contribution in [1.29, 1.82) is 0 Å². The lowest BCUT2D eigenvalue weighted by molar-refractivity contribution is 0.232. The lowest BCUT2D eigenvalue weighted by atomic mass is 10.4. The van der Waals surface area contributed by atoms with Gasteiger partial charge in [-0.15, -0.1) is 0 Å². The third-order valence-electron chi connectivity index (χ3n) is 2.27. The summed E-state index contributed by atoms with van der Waals surface area (Å²) in [6, 6.07) is 1.74. The molecule has 6 heteroatoms. The summed E-state index contributed by atoms with van der Waals surface area (Å²) in [5.74, 6) is 1.95. The highest BCUT2D eigenvalue weighted by atomic mass is 16.5. The van der Waals surface area contributed by atoms with Crippen molar-refractivity contribution in [2.45, 2.75) is 26.4 Å². The van der Waals surface area contributed by atoms with Gasteiger partial charge < -0.3 is 10.5 Å². The third-order valence-corrected chi connectivity index (χ3v) is 2.27. The number of aromatic nitrogens is 4. The largest absolute Gasteiger partial charge is 0.475 e. The van der Waals surface area contributed by atoms with Gasteiger partial charge in [0.25, 0.3) is 0 Å². The summed E-state index contributed by atoms with van der Waals surface area (Å²) < 4.78 is 7.36. The first-order chi connectivity index (χ1) is 8.70. The molecule has 96 valence electrons. The third kappa shape index (κ3) is 2.84. The topological polar surface area (TPSA) is 78.8 Å². The van der Waals surface area contributed by atoms with Gasteiger partial charge in [-0.25, -0.2) is 9.97 Å². The number of rotatable bonds is 5. The van der Waals surface area contributed by atoms with Gasteiger partial charge in [-0.3, -0.25) is 4.57 Å². The molecular weight excluding hydrogens is 230 g/mol. The fourth-order valence-electron chi connectivity index (χ4n) is 1.59. The average molecular weight is 247 g/mol. The molecule has 0 fully saturated rings. The van der Waals surface area contributed by atoms with Crippen LogP contribution in [0.5, 0.6) is 5.88 Å². The normalized spacial score (nSPS) is 10.9. The van der Waals surface area contributed by atoms with Crippen molar-refractivity contribution in [3.63, 3.8) is 0 Å². The van der Waals surface area contributed by atoms with E-state index in [-0.39, 0.29) is 6.10 Å². The van der Waals surface area contributed by atoms with Crippen LogP contribution >= 0.6 is 0 Å². The van der Waals surface area contributed by atoms with Gasteiger partial charge in [0.1, 0.15) is 5.82 Å². The zero-order valence-corrected chi connectivity index (χ0v) is 10.6. The molecule has 0 saturated carbocycles. The predicted octanol–water partition coefficient (Wildman–Crippen LogP) is 0.951. The van der Waals surface area contributed by atoms with Gasteiger partial charge in [0.2, 0.25) is 11.8 Å². The van der Waals surface area contributed by atoms with Crippen LogP contribution < -0.4 is 10.5 Å². The molecule has 0 atom stereocenters. The molecule has 0 saturated heterocycles. The van der Waals surface area contributed by atoms with E-state index in [0.717, 1.165) is 5.82 Å². The summed E-state index contributed by atoms with van der Waals surface area (Å²) in [5, 5.41) is 0. The lowest BCUT2D eigenvalue weighted by Crippen LogP contribution is -2.12. The van der Waals surface area contributed by atoms with E-state index >= 15 is 0 Å². The van der Waals surface area contributed by atoms with E-state index < -0.39 is 0 Å². The van der Waals surface area contributed by atoms with Gasteiger partial charge in [-0.1, -0.05) is 0 Å². The van der Waals surface area contributed by atoms with Gasteiger partial charge in [0, 0.05) is 31.1 Å². The molecule has 2 N–H and O–H groups in total. The highest BCUT2D eigenvalue weighted by Gasteiger charge is 2.08. The summed E-state index contributed by atoms with van der Waals surface area (Å²) in [5.41, 5.74) is 5.54. The van der Waals surface area contributed by atoms with Crippen LogP contribution in [0.4, 0.5) is 0 Å². The van der Waals surface area contributed by atoms with Crippen molar-refractivity contribution in [1.82, 2.24) is 19.5 Å². The molecule has 2 heterocycles. The highest BCUT2D eigenvalue weighted by Crippen LogP contribution is 2.12. The van der Waals surface area contributed by atoms with E-state index in [4.69, 9.17) is 10.5 Å². The minimum Gasteiger partial charge on any atom is -0.475 e. The second-order valence-electron chi connectivity index (χ2n) is 4.11. The SMILES string of the molecule is CC(C)Oc1ccnc(-n2ccnc2CCN)n1. The summed E-state index contributed by atoms with van der Waals surface area (Å²) in [7, 11) is 0. The Balaban J connectivity index is 2.29. The number of ether oxygens (including phenoxy) is 1. The van der Waals surface area contributed by atoms with Crippen molar-refractivity contribution in [3.8, 4) is 11.8 Å². The molecule has 0 aliphatic carbocycles. The summed E-state index contributed by atoms with van der Waals surface area (Å²) >= 11 is 0. The maximum Gasteiger partial charge on any atom is 0.238 e. The molecule has 18 heavy (non-hydrogen) atoms. The first-order valence-electron chi connectivity index (χ1n) is 5.93. The first-order valence-corrected chi connectivity index (χ1v) is 5.93. The molecule has 0 unspecified atom stereocenters. The molecule has 0 spiro atoms. The molecule has 0 amide bonds. The van der Waals surface area contributed by atoms with Gasteiger partial charge in [-0.2, -0.15) is 4.98 Å². The van der Waals surface area contributed by atoms with Crippen LogP contribution in [0.3, 0.4) is 0 Å². The van der Waals surface area contributed by atoms with Gasteiger partial charge in [-0.05, 0) is 20.4 Å². The Hall–Kier alpha value is -1.95. The number of imidazole rings is 1. The maximum atomic E-state index is 5.54. The molecule has 2 aromatic heterocycles. The Morgan fingerprint density at radius 3 is 2.89 bits per heavy atom. The van der Waals surface area contributed by atoms with Crippen LogP contribution in [0, 0.1) is 0 Å². The number of nitrogens with two attached hydrogens (primary N) is 1. The summed E-state index contributed by atoms with van der Waals surface area (Å²) in [4.78, 5) is 12.8. The zero-order chi connectivity index (χ0) is 13.0. The van der Waals surface area contributed by atoms with E-state index in [0.29, 0.717) is 24.8 Å². The van der Waals surface area contributed by atoms with E-state index in [1.165, 1.54) is 0 Å². The number of hydrogen-bond donors (Lipinski definition) is 1. The molecule has 2 aromatic rings.